The van der Waals surface area contributed by atoms with Gasteiger partial charge in [-0.1, -0.05) is 18.2 Å². The number of amides is 1. The van der Waals surface area contributed by atoms with E-state index in [1.54, 1.807) is 44.6 Å². The van der Waals surface area contributed by atoms with Crippen LogP contribution in [0.15, 0.2) is 47.6 Å². The minimum absolute atomic E-state index is 0.233. The fourth-order valence-corrected chi connectivity index (χ4v) is 2.98. The lowest BCUT2D eigenvalue weighted by Gasteiger charge is -2.20. The predicted molar refractivity (Wildman–Crippen MR) is 92.4 cm³/mol. The quantitative estimate of drug-likeness (QED) is 0.854. The molecular weight excluding hydrogens is 323 g/mol. The van der Waals surface area contributed by atoms with Crippen molar-refractivity contribution in [1.82, 2.24) is 5.01 Å². The van der Waals surface area contributed by atoms with Crippen molar-refractivity contribution >= 4 is 11.6 Å². The van der Waals surface area contributed by atoms with Crippen molar-refractivity contribution < 1.29 is 18.7 Å². The van der Waals surface area contributed by atoms with E-state index in [9.17, 15) is 9.18 Å². The first-order valence-corrected chi connectivity index (χ1v) is 7.89. The van der Waals surface area contributed by atoms with Crippen LogP contribution in [0.1, 0.15) is 30.5 Å². The zero-order valence-electron chi connectivity index (χ0n) is 14.3. The summed E-state index contributed by atoms with van der Waals surface area (Å²) in [5.41, 5.74) is 1.96. The van der Waals surface area contributed by atoms with Gasteiger partial charge in [0.1, 0.15) is 5.82 Å². The highest BCUT2D eigenvalue weighted by molar-refractivity contribution is 6.03. The minimum Gasteiger partial charge on any atom is -0.493 e. The molecule has 1 aliphatic heterocycles. The number of nitrogens with zero attached hydrogens (tertiary/aromatic N) is 2. The summed E-state index contributed by atoms with van der Waals surface area (Å²) in [4.78, 5) is 12.0. The molecule has 1 amide bonds. The first kappa shape index (κ1) is 17.0. The Kier molecular flexibility index (Phi) is 4.70. The van der Waals surface area contributed by atoms with E-state index in [-0.39, 0.29) is 11.7 Å². The fourth-order valence-electron chi connectivity index (χ4n) is 2.98. The number of benzene rings is 2. The molecule has 0 spiro atoms. The molecule has 0 saturated carbocycles. The molecule has 2 aromatic carbocycles. The third kappa shape index (κ3) is 3.20. The number of ether oxygens (including phenoxy) is 2. The van der Waals surface area contributed by atoms with Gasteiger partial charge in [0.15, 0.2) is 11.5 Å². The summed E-state index contributed by atoms with van der Waals surface area (Å²) in [6.07, 6.45) is 0.427. The van der Waals surface area contributed by atoms with Crippen molar-refractivity contribution in [2.75, 3.05) is 14.2 Å². The van der Waals surface area contributed by atoms with Crippen molar-refractivity contribution in [2.45, 2.75) is 19.4 Å². The molecule has 0 saturated heterocycles. The van der Waals surface area contributed by atoms with Crippen LogP contribution in [0.4, 0.5) is 4.39 Å². The minimum atomic E-state index is -0.457. The van der Waals surface area contributed by atoms with Gasteiger partial charge < -0.3 is 9.47 Å². The standard InChI is InChI=1S/C19H19FN2O3/c1-12(23)22-17(14-6-4-5-7-15(14)20)11-16(21-22)13-8-9-18(24-2)19(10-13)25-3/h4-10,17H,11H2,1-3H3/t17-/m1/s1. The second-order valence-electron chi connectivity index (χ2n) is 5.72. The number of carbonyl (C=O) groups is 1. The number of hydrogen-bond acceptors (Lipinski definition) is 4. The Labute approximate surface area is 145 Å². The normalized spacial score (nSPS) is 16.6. The Bertz CT molecular complexity index is 835. The number of halogens is 1. The van der Waals surface area contributed by atoms with Crippen molar-refractivity contribution in [1.29, 1.82) is 0 Å². The second kappa shape index (κ2) is 6.93. The summed E-state index contributed by atoms with van der Waals surface area (Å²) in [7, 11) is 3.12. The zero-order chi connectivity index (χ0) is 18.0. The largest absolute Gasteiger partial charge is 0.493 e. The highest BCUT2D eigenvalue weighted by atomic mass is 19.1. The van der Waals surface area contributed by atoms with Crippen LogP contribution < -0.4 is 9.47 Å². The molecule has 0 N–H and O–H groups in total. The number of hydrazone groups is 1. The molecule has 1 atom stereocenters. The van der Waals surface area contributed by atoms with Gasteiger partial charge >= 0.3 is 0 Å². The zero-order valence-corrected chi connectivity index (χ0v) is 14.3. The highest BCUT2D eigenvalue weighted by Gasteiger charge is 2.33. The van der Waals surface area contributed by atoms with E-state index in [1.807, 2.05) is 6.07 Å². The summed E-state index contributed by atoms with van der Waals surface area (Å²) in [5, 5.41) is 5.76. The van der Waals surface area contributed by atoms with Crippen molar-refractivity contribution in [2.24, 2.45) is 5.10 Å². The van der Waals surface area contributed by atoms with Crippen molar-refractivity contribution in [3.05, 3.63) is 59.4 Å². The molecule has 25 heavy (non-hydrogen) atoms. The van der Waals surface area contributed by atoms with Gasteiger partial charge in [0.2, 0.25) is 5.91 Å². The maximum Gasteiger partial charge on any atom is 0.240 e. The van der Waals surface area contributed by atoms with Crippen LogP contribution in [0, 0.1) is 5.82 Å². The maximum absolute atomic E-state index is 14.2. The molecular formula is C19H19FN2O3. The summed E-state index contributed by atoms with van der Waals surface area (Å²) < 4.78 is 24.8. The van der Waals surface area contributed by atoms with Gasteiger partial charge in [-0.25, -0.2) is 9.40 Å². The third-order valence-electron chi connectivity index (χ3n) is 4.21. The molecule has 0 fully saturated rings. The summed E-state index contributed by atoms with van der Waals surface area (Å²) in [5.74, 6) is 0.608. The molecule has 130 valence electrons. The van der Waals surface area contributed by atoms with Crippen molar-refractivity contribution in [3.63, 3.8) is 0 Å². The highest BCUT2D eigenvalue weighted by Crippen LogP contribution is 2.36. The maximum atomic E-state index is 14.2. The van der Waals surface area contributed by atoms with Crippen LogP contribution in [0.25, 0.3) is 0 Å². The van der Waals surface area contributed by atoms with E-state index in [4.69, 9.17) is 9.47 Å². The van der Waals surface area contributed by atoms with Crippen LogP contribution in [0.2, 0.25) is 0 Å². The molecule has 0 bridgehead atoms. The molecule has 2 aromatic rings. The Morgan fingerprint density at radius 3 is 2.52 bits per heavy atom. The van der Waals surface area contributed by atoms with E-state index >= 15 is 0 Å². The monoisotopic (exact) mass is 342 g/mol. The lowest BCUT2D eigenvalue weighted by molar-refractivity contribution is -0.130. The average molecular weight is 342 g/mol. The number of hydrogen-bond donors (Lipinski definition) is 0. The molecule has 1 aliphatic rings. The Morgan fingerprint density at radius 2 is 1.88 bits per heavy atom. The van der Waals surface area contributed by atoms with Gasteiger partial charge in [0.05, 0.1) is 26.0 Å². The molecule has 0 unspecified atom stereocenters. The smallest absolute Gasteiger partial charge is 0.240 e. The Hall–Kier alpha value is -2.89. The average Bonchev–Trinajstić information content (AvgIpc) is 3.07. The molecule has 5 nitrogen and oxygen atoms in total. The van der Waals surface area contributed by atoms with Crippen LogP contribution >= 0.6 is 0 Å². The number of carbonyl (C=O) groups excluding carboxylic acids is 1. The summed E-state index contributed by atoms with van der Waals surface area (Å²) in [6.45, 7) is 1.43. The van der Waals surface area contributed by atoms with E-state index in [2.05, 4.69) is 5.10 Å². The predicted octanol–water partition coefficient (Wildman–Crippen LogP) is 3.54. The molecule has 0 radical (unpaired) electrons. The fraction of sp³-hybridized carbons (Fsp3) is 0.263. The first-order valence-electron chi connectivity index (χ1n) is 7.89. The van der Waals surface area contributed by atoms with Crippen molar-refractivity contribution in [3.8, 4) is 11.5 Å². The van der Waals surface area contributed by atoms with Gasteiger partial charge in [0, 0.05) is 24.5 Å². The van der Waals surface area contributed by atoms with Gasteiger partial charge in [-0.05, 0) is 24.3 Å². The third-order valence-corrected chi connectivity index (χ3v) is 4.21. The van der Waals surface area contributed by atoms with Crippen LogP contribution in [-0.4, -0.2) is 30.8 Å². The van der Waals surface area contributed by atoms with Gasteiger partial charge in [-0.3, -0.25) is 4.79 Å². The first-order chi connectivity index (χ1) is 12.0. The molecule has 0 aromatic heterocycles. The number of methoxy groups -OCH3 is 2. The summed E-state index contributed by atoms with van der Waals surface area (Å²) in [6, 6.07) is 11.4. The molecule has 0 aliphatic carbocycles. The van der Waals surface area contributed by atoms with E-state index < -0.39 is 6.04 Å². The Balaban J connectivity index is 1.98. The lowest BCUT2D eigenvalue weighted by Crippen LogP contribution is -2.25. The molecule has 1 heterocycles. The van der Waals surface area contributed by atoms with Crippen LogP contribution in [-0.2, 0) is 4.79 Å². The van der Waals surface area contributed by atoms with Crippen LogP contribution in [0.3, 0.4) is 0 Å². The topological polar surface area (TPSA) is 51.1 Å². The van der Waals surface area contributed by atoms with E-state index in [0.717, 1.165) is 5.56 Å². The second-order valence-corrected chi connectivity index (χ2v) is 5.72. The lowest BCUT2D eigenvalue weighted by atomic mass is 9.98. The van der Waals surface area contributed by atoms with Gasteiger partial charge in [0.25, 0.3) is 0 Å². The van der Waals surface area contributed by atoms with Crippen LogP contribution in [0.5, 0.6) is 11.5 Å². The number of rotatable bonds is 4. The van der Waals surface area contributed by atoms with Gasteiger partial charge in [-0.2, -0.15) is 5.10 Å². The van der Waals surface area contributed by atoms with E-state index in [0.29, 0.717) is 29.2 Å². The SMILES string of the molecule is COc1ccc(C2=NN(C(C)=O)[C@@H](c3ccccc3F)C2)cc1OC. The molecule has 6 heteroatoms. The van der Waals surface area contributed by atoms with Gasteiger partial charge in [-0.15, -0.1) is 0 Å². The Morgan fingerprint density at radius 1 is 1.16 bits per heavy atom. The summed E-state index contributed by atoms with van der Waals surface area (Å²) >= 11 is 0. The van der Waals surface area contributed by atoms with E-state index in [1.165, 1.54) is 18.0 Å². The molecule has 3 rings (SSSR count).